The van der Waals surface area contributed by atoms with Crippen LogP contribution < -0.4 is 4.74 Å². The largest absolute Gasteiger partial charge is 0.488 e. The molecule has 0 radical (unpaired) electrons. The lowest BCUT2D eigenvalue weighted by Crippen LogP contribution is -2.35. The van der Waals surface area contributed by atoms with Crippen molar-refractivity contribution in [2.45, 2.75) is 19.4 Å². The molecule has 0 saturated carbocycles. The highest BCUT2D eigenvalue weighted by molar-refractivity contribution is 6.18. The number of ether oxygens (including phenoxy) is 1. The number of benzene rings is 1. The lowest BCUT2D eigenvalue weighted by Gasteiger charge is -2.22. The van der Waals surface area contributed by atoms with Crippen molar-refractivity contribution in [2.24, 2.45) is 0 Å². The minimum atomic E-state index is 0.292. The lowest BCUT2D eigenvalue weighted by molar-refractivity contribution is 0.159. The van der Waals surface area contributed by atoms with Crippen molar-refractivity contribution in [3.8, 4) is 5.75 Å². The second-order valence-corrected chi connectivity index (χ2v) is 4.51. The summed E-state index contributed by atoms with van der Waals surface area (Å²) in [4.78, 5) is 2.34. The first kappa shape index (κ1) is 11.7. The minimum Gasteiger partial charge on any atom is -0.488 e. The molecule has 0 aromatic heterocycles. The normalized spacial score (nSPS) is 18.6. The van der Waals surface area contributed by atoms with Crippen LogP contribution >= 0.6 is 11.6 Å². The average molecular weight is 240 g/mol. The number of halogens is 1. The summed E-state index contributed by atoms with van der Waals surface area (Å²) < 4.78 is 5.90. The molecule has 1 heterocycles. The highest BCUT2D eigenvalue weighted by Crippen LogP contribution is 2.28. The molecule has 0 fully saturated rings. The molecule has 1 aromatic rings. The smallest absolute Gasteiger partial charge is 0.123 e. The van der Waals surface area contributed by atoms with Crippen molar-refractivity contribution in [1.29, 1.82) is 0 Å². The van der Waals surface area contributed by atoms with E-state index in [2.05, 4.69) is 24.0 Å². The van der Waals surface area contributed by atoms with Crippen molar-refractivity contribution in [3.63, 3.8) is 0 Å². The number of hydrogen-bond donors (Lipinski definition) is 0. The van der Waals surface area contributed by atoms with Crippen molar-refractivity contribution in [1.82, 2.24) is 4.90 Å². The second-order valence-electron chi connectivity index (χ2n) is 4.13. The molecule has 1 unspecified atom stereocenters. The third kappa shape index (κ3) is 2.69. The topological polar surface area (TPSA) is 12.5 Å². The number of rotatable bonds is 5. The van der Waals surface area contributed by atoms with Crippen molar-refractivity contribution in [2.75, 3.05) is 25.5 Å². The molecular formula is C13H18ClNO. The van der Waals surface area contributed by atoms with Gasteiger partial charge >= 0.3 is 0 Å². The van der Waals surface area contributed by atoms with Gasteiger partial charge in [0.2, 0.25) is 0 Å². The summed E-state index contributed by atoms with van der Waals surface area (Å²) in [5, 5.41) is 0. The Morgan fingerprint density at radius 1 is 1.44 bits per heavy atom. The van der Waals surface area contributed by atoms with E-state index in [0.717, 1.165) is 31.8 Å². The Labute approximate surface area is 102 Å². The van der Waals surface area contributed by atoms with Crippen LogP contribution in [0.15, 0.2) is 24.3 Å². The lowest BCUT2D eigenvalue weighted by atomic mass is 10.1. The summed E-state index contributed by atoms with van der Waals surface area (Å²) in [7, 11) is 0. The first-order valence-electron chi connectivity index (χ1n) is 5.86. The van der Waals surface area contributed by atoms with Crippen LogP contribution in [0.4, 0.5) is 0 Å². The highest BCUT2D eigenvalue weighted by atomic mass is 35.5. The molecule has 88 valence electrons. The molecule has 2 nitrogen and oxygen atoms in total. The Kier molecular flexibility index (Phi) is 4.08. The molecule has 0 N–H and O–H groups in total. The van der Waals surface area contributed by atoms with E-state index >= 15 is 0 Å². The molecule has 0 amide bonds. The highest BCUT2D eigenvalue weighted by Gasteiger charge is 2.23. The van der Waals surface area contributed by atoms with Crippen LogP contribution in [0.3, 0.4) is 0 Å². The summed E-state index contributed by atoms with van der Waals surface area (Å²) in [6.07, 6.45) is 1.31. The van der Waals surface area contributed by atoms with Gasteiger partial charge in [-0.1, -0.05) is 25.1 Å². The quantitative estimate of drug-likeness (QED) is 0.733. The molecule has 0 saturated heterocycles. The van der Waals surface area contributed by atoms with Gasteiger partial charge < -0.3 is 4.74 Å². The van der Waals surface area contributed by atoms with E-state index in [4.69, 9.17) is 16.3 Å². The molecule has 1 aliphatic rings. The molecule has 1 aromatic carbocycles. The molecule has 1 aliphatic heterocycles. The fourth-order valence-corrected chi connectivity index (χ4v) is 2.38. The molecule has 1 atom stereocenters. The maximum Gasteiger partial charge on any atom is 0.123 e. The van der Waals surface area contributed by atoms with Crippen LogP contribution in [0.5, 0.6) is 5.75 Å². The summed E-state index contributed by atoms with van der Waals surface area (Å²) in [5.41, 5.74) is 1.33. The van der Waals surface area contributed by atoms with Crippen LogP contribution in [0, 0.1) is 0 Å². The zero-order chi connectivity index (χ0) is 11.4. The Bertz CT molecular complexity index is 317. The monoisotopic (exact) mass is 239 g/mol. The van der Waals surface area contributed by atoms with Gasteiger partial charge in [0.05, 0.1) is 0 Å². The minimum absolute atomic E-state index is 0.292. The van der Waals surface area contributed by atoms with E-state index < -0.39 is 0 Å². The summed E-state index contributed by atoms with van der Waals surface area (Å²) in [6, 6.07) is 8.29. The van der Waals surface area contributed by atoms with Crippen LogP contribution in [0.25, 0.3) is 0 Å². The molecule has 0 spiro atoms. The second kappa shape index (κ2) is 5.55. The van der Waals surface area contributed by atoms with E-state index in [1.165, 1.54) is 5.56 Å². The van der Waals surface area contributed by atoms with E-state index in [1.807, 2.05) is 12.1 Å². The Hall–Kier alpha value is -0.730. The number of para-hydroxylation sites is 1. The zero-order valence-electron chi connectivity index (χ0n) is 9.66. The Morgan fingerprint density at radius 3 is 2.94 bits per heavy atom. The molecular weight excluding hydrogens is 222 g/mol. The van der Waals surface area contributed by atoms with Crippen LogP contribution in [0.2, 0.25) is 0 Å². The van der Waals surface area contributed by atoms with Crippen LogP contribution in [-0.2, 0) is 6.42 Å². The van der Waals surface area contributed by atoms with Crippen LogP contribution in [-0.4, -0.2) is 36.5 Å². The number of alkyl halides is 1. The summed E-state index contributed by atoms with van der Waals surface area (Å²) in [6.45, 7) is 5.10. The average Bonchev–Trinajstić information content (AvgIpc) is 2.70. The standard InChI is InChI=1S/C13H18ClNO/c1-2-15(8-7-14)10-12-9-11-5-3-4-6-13(11)16-12/h3-6,12H,2,7-10H2,1H3. The van der Waals surface area contributed by atoms with Crippen molar-refractivity contribution in [3.05, 3.63) is 29.8 Å². The summed E-state index contributed by atoms with van der Waals surface area (Å²) >= 11 is 5.77. The Morgan fingerprint density at radius 2 is 2.25 bits per heavy atom. The fraction of sp³-hybridized carbons (Fsp3) is 0.538. The van der Waals surface area contributed by atoms with Gasteiger partial charge in [0.15, 0.2) is 0 Å². The van der Waals surface area contributed by atoms with Crippen molar-refractivity contribution < 1.29 is 4.74 Å². The van der Waals surface area contributed by atoms with Gasteiger partial charge in [-0.2, -0.15) is 0 Å². The number of likely N-dealkylation sites (N-methyl/N-ethyl adjacent to an activating group) is 1. The van der Waals surface area contributed by atoms with Gasteiger partial charge in [0, 0.05) is 25.4 Å². The van der Waals surface area contributed by atoms with E-state index in [-0.39, 0.29) is 0 Å². The molecule has 0 bridgehead atoms. The number of fused-ring (bicyclic) bond motifs is 1. The number of hydrogen-bond acceptors (Lipinski definition) is 2. The predicted octanol–water partition coefficient (Wildman–Crippen LogP) is 2.55. The van der Waals surface area contributed by atoms with Crippen molar-refractivity contribution >= 4 is 11.6 Å². The van der Waals surface area contributed by atoms with Gasteiger partial charge in [0.1, 0.15) is 11.9 Å². The molecule has 2 rings (SSSR count). The molecule has 16 heavy (non-hydrogen) atoms. The Balaban J connectivity index is 1.91. The third-order valence-electron chi connectivity index (χ3n) is 3.02. The molecule has 3 heteroatoms. The maximum atomic E-state index is 5.90. The zero-order valence-corrected chi connectivity index (χ0v) is 10.4. The van der Waals surface area contributed by atoms with Gasteiger partial charge in [-0.3, -0.25) is 4.90 Å². The van der Waals surface area contributed by atoms with Gasteiger partial charge in [0.25, 0.3) is 0 Å². The third-order valence-corrected chi connectivity index (χ3v) is 3.19. The predicted molar refractivity (Wildman–Crippen MR) is 67.4 cm³/mol. The maximum absolute atomic E-state index is 5.90. The van der Waals surface area contributed by atoms with Crippen LogP contribution in [0.1, 0.15) is 12.5 Å². The van der Waals surface area contributed by atoms with E-state index in [1.54, 1.807) is 0 Å². The summed E-state index contributed by atoms with van der Waals surface area (Å²) in [5.74, 6) is 1.74. The van der Waals surface area contributed by atoms with E-state index in [0.29, 0.717) is 12.0 Å². The SMILES string of the molecule is CCN(CCCl)CC1Cc2ccccc2O1. The molecule has 0 aliphatic carbocycles. The number of nitrogens with zero attached hydrogens (tertiary/aromatic N) is 1. The van der Waals surface area contributed by atoms with E-state index in [9.17, 15) is 0 Å². The first-order valence-corrected chi connectivity index (χ1v) is 6.39. The van der Waals surface area contributed by atoms with Gasteiger partial charge in [-0.15, -0.1) is 11.6 Å². The van der Waals surface area contributed by atoms with Gasteiger partial charge in [-0.25, -0.2) is 0 Å². The van der Waals surface area contributed by atoms with Gasteiger partial charge in [-0.05, 0) is 18.2 Å². The first-order chi connectivity index (χ1) is 7.83. The fourth-order valence-electron chi connectivity index (χ4n) is 2.14.